The number of aliphatic hydroxyl groups excluding tert-OH is 1. The molecule has 3 aromatic rings. The second-order valence-electron chi connectivity index (χ2n) is 10.4. The van der Waals surface area contributed by atoms with E-state index in [0.29, 0.717) is 43.5 Å². The molecule has 1 aromatic heterocycles. The summed E-state index contributed by atoms with van der Waals surface area (Å²) >= 11 is 0. The van der Waals surface area contributed by atoms with E-state index in [-0.39, 0.29) is 30.9 Å². The fourth-order valence-corrected chi connectivity index (χ4v) is 6.35. The number of aryl methyl sites for hydroxylation is 1. The number of rotatable bonds is 11. The lowest BCUT2D eigenvalue weighted by molar-refractivity contribution is -0.161. The van der Waals surface area contributed by atoms with Crippen molar-refractivity contribution in [3.05, 3.63) is 101 Å². The summed E-state index contributed by atoms with van der Waals surface area (Å²) in [5.74, 6) is -1.23. The highest BCUT2D eigenvalue weighted by atomic mass is 32.2. The van der Waals surface area contributed by atoms with Gasteiger partial charge in [0.1, 0.15) is 11.4 Å². The zero-order valence-corrected chi connectivity index (χ0v) is 24.1. The molecule has 0 spiro atoms. The first-order valence-electron chi connectivity index (χ1n) is 13.7. The van der Waals surface area contributed by atoms with Crippen LogP contribution in [-0.2, 0) is 32.2 Å². The van der Waals surface area contributed by atoms with Crippen LogP contribution in [0.3, 0.4) is 0 Å². The number of hydrogen-bond acceptors (Lipinski definition) is 6. The van der Waals surface area contributed by atoms with Crippen molar-refractivity contribution in [2.24, 2.45) is 0 Å². The van der Waals surface area contributed by atoms with Crippen LogP contribution in [0, 0.1) is 0 Å². The zero-order valence-electron chi connectivity index (χ0n) is 23.3. The monoisotopic (exact) mass is 618 g/mol. The third kappa shape index (κ3) is 7.95. The third-order valence-corrected chi connectivity index (χ3v) is 8.68. The molecule has 2 atom stereocenters. The van der Waals surface area contributed by atoms with Crippen LogP contribution in [0.4, 0.5) is 18.9 Å². The molecule has 232 valence electrons. The molecule has 2 aromatic carbocycles. The molecule has 43 heavy (non-hydrogen) atoms. The first-order chi connectivity index (χ1) is 19.9. The van der Waals surface area contributed by atoms with Gasteiger partial charge in [0, 0.05) is 24.2 Å². The van der Waals surface area contributed by atoms with Crippen molar-refractivity contribution in [2.45, 2.75) is 82.5 Å². The molecular formula is C32H37F3N2O5S. The van der Waals surface area contributed by atoms with Gasteiger partial charge in [0.15, 0.2) is 5.03 Å². The van der Waals surface area contributed by atoms with Gasteiger partial charge in [-0.1, -0.05) is 70.2 Å². The average Bonchev–Trinajstić information content (AvgIpc) is 2.94. The summed E-state index contributed by atoms with van der Waals surface area (Å²) in [6.07, 6.45) is -1.00. The Bertz CT molecular complexity index is 1540. The van der Waals surface area contributed by atoms with Gasteiger partial charge in [-0.05, 0) is 61.1 Å². The quantitative estimate of drug-likeness (QED) is 0.211. The number of hydrogen-bond donors (Lipinski definition) is 2. The lowest BCUT2D eigenvalue weighted by Crippen LogP contribution is -2.41. The number of aliphatic hydroxyl groups is 1. The number of esters is 1. The van der Waals surface area contributed by atoms with Gasteiger partial charge in [-0.15, -0.1) is 0 Å². The van der Waals surface area contributed by atoms with Gasteiger partial charge < -0.3 is 9.84 Å². The van der Waals surface area contributed by atoms with Crippen molar-refractivity contribution in [1.82, 2.24) is 4.98 Å². The van der Waals surface area contributed by atoms with Crippen LogP contribution >= 0.6 is 0 Å². The largest absolute Gasteiger partial charge is 0.512 e. The molecule has 1 aliphatic rings. The molecule has 2 heterocycles. The highest BCUT2D eigenvalue weighted by molar-refractivity contribution is 7.92. The van der Waals surface area contributed by atoms with Crippen molar-refractivity contribution < 1.29 is 36.2 Å². The maximum Gasteiger partial charge on any atom is 0.417 e. The van der Waals surface area contributed by atoms with Crippen LogP contribution in [0.25, 0.3) is 0 Å². The van der Waals surface area contributed by atoms with Gasteiger partial charge in [-0.25, -0.2) is 9.78 Å². The molecule has 0 aliphatic carbocycles. The third-order valence-electron chi connectivity index (χ3n) is 7.38. The Morgan fingerprint density at radius 2 is 1.77 bits per heavy atom. The SMILES string of the molecule is C.CCCC1(CCc2ccccc2)CC(O)=C(C(CC)c2cccc(NS(=O)(=O)c3ccc(C(F)(F)F)cn3)c2)C(=O)O1. The second kappa shape index (κ2) is 13.6. The summed E-state index contributed by atoms with van der Waals surface area (Å²) in [6.45, 7) is 3.83. The summed E-state index contributed by atoms with van der Waals surface area (Å²) in [7, 11) is -4.30. The second-order valence-corrected chi connectivity index (χ2v) is 12.0. The molecule has 0 radical (unpaired) electrons. The van der Waals surface area contributed by atoms with E-state index in [9.17, 15) is 31.5 Å². The van der Waals surface area contributed by atoms with E-state index < -0.39 is 44.3 Å². The standard InChI is InChI=1S/C31H33F3N2O5S.CH4/c1-3-16-30(17-15-21-9-6-5-7-10-21)19-26(37)28(29(38)41-30)25(4-2)22-11-8-12-24(18-22)36-42(39,40)27-14-13-23(20-35-27)31(32,33)34;/h5-14,18,20,25,36-37H,3-4,15-17,19H2,1-2H3;1H4. The maximum atomic E-state index is 13.4. The average molecular weight is 619 g/mol. The number of halogens is 3. The lowest BCUT2D eigenvalue weighted by Gasteiger charge is -2.38. The number of benzene rings is 2. The molecule has 2 unspecified atom stereocenters. The Kier molecular flexibility index (Phi) is 10.7. The first kappa shape index (κ1) is 33.6. The molecule has 2 N–H and O–H groups in total. The molecule has 4 rings (SSSR count). The number of pyridine rings is 1. The van der Waals surface area contributed by atoms with Crippen molar-refractivity contribution in [2.75, 3.05) is 4.72 Å². The van der Waals surface area contributed by atoms with Crippen molar-refractivity contribution in [3.63, 3.8) is 0 Å². The van der Waals surface area contributed by atoms with E-state index in [4.69, 9.17) is 4.74 Å². The molecule has 0 saturated heterocycles. The van der Waals surface area contributed by atoms with Crippen LogP contribution < -0.4 is 4.72 Å². The van der Waals surface area contributed by atoms with Gasteiger partial charge in [0.2, 0.25) is 0 Å². The molecule has 11 heteroatoms. The van der Waals surface area contributed by atoms with E-state index in [1.807, 2.05) is 44.2 Å². The summed E-state index contributed by atoms with van der Waals surface area (Å²) in [6, 6.07) is 17.6. The predicted molar refractivity (Wildman–Crippen MR) is 159 cm³/mol. The fraction of sp³-hybridized carbons (Fsp3) is 0.375. The molecule has 0 fully saturated rings. The molecule has 0 bridgehead atoms. The van der Waals surface area contributed by atoms with Crippen LogP contribution in [0.15, 0.2) is 89.3 Å². The number of nitrogens with zero attached hydrogens (tertiary/aromatic N) is 1. The highest BCUT2D eigenvalue weighted by Crippen LogP contribution is 2.42. The number of cyclic esters (lactones) is 1. The minimum Gasteiger partial charge on any atom is -0.512 e. The topological polar surface area (TPSA) is 106 Å². The Morgan fingerprint density at radius 1 is 1.05 bits per heavy atom. The predicted octanol–water partition coefficient (Wildman–Crippen LogP) is 7.96. The van der Waals surface area contributed by atoms with Crippen LogP contribution in [-0.4, -0.2) is 30.1 Å². The minimum absolute atomic E-state index is 0. The van der Waals surface area contributed by atoms with Gasteiger partial charge in [0.25, 0.3) is 10.0 Å². The van der Waals surface area contributed by atoms with Crippen LogP contribution in [0.1, 0.15) is 76.0 Å². The number of anilines is 1. The molecule has 0 amide bonds. The molecule has 0 saturated carbocycles. The normalized spacial score (nSPS) is 18.0. The van der Waals surface area contributed by atoms with Gasteiger partial charge in [-0.2, -0.15) is 21.6 Å². The Balaban J connectivity index is 0.00000506. The number of carbonyl (C=O) groups excluding carboxylic acids is 1. The fourth-order valence-electron chi connectivity index (χ4n) is 5.37. The molecular weight excluding hydrogens is 581 g/mol. The number of ether oxygens (including phenoxy) is 1. The summed E-state index contributed by atoms with van der Waals surface area (Å²) < 4.78 is 72.6. The van der Waals surface area contributed by atoms with Crippen LogP contribution in [0.2, 0.25) is 0 Å². The Hall–Kier alpha value is -3.86. The maximum absolute atomic E-state index is 13.4. The molecule has 7 nitrogen and oxygen atoms in total. The Morgan fingerprint density at radius 3 is 2.35 bits per heavy atom. The first-order valence-corrected chi connectivity index (χ1v) is 15.2. The van der Waals surface area contributed by atoms with E-state index in [2.05, 4.69) is 9.71 Å². The molecule has 1 aliphatic heterocycles. The van der Waals surface area contributed by atoms with Crippen molar-refractivity contribution in [1.29, 1.82) is 0 Å². The Labute approximate surface area is 250 Å². The van der Waals surface area contributed by atoms with Crippen molar-refractivity contribution >= 4 is 21.7 Å². The number of aromatic nitrogens is 1. The van der Waals surface area contributed by atoms with E-state index in [1.54, 1.807) is 12.1 Å². The number of sulfonamides is 1. The van der Waals surface area contributed by atoms with E-state index >= 15 is 0 Å². The lowest BCUT2D eigenvalue weighted by atomic mass is 9.80. The van der Waals surface area contributed by atoms with Gasteiger partial charge in [0.05, 0.1) is 11.1 Å². The summed E-state index contributed by atoms with van der Waals surface area (Å²) in [4.78, 5) is 16.9. The number of nitrogens with one attached hydrogen (secondary N) is 1. The van der Waals surface area contributed by atoms with E-state index in [1.165, 1.54) is 12.1 Å². The summed E-state index contributed by atoms with van der Waals surface area (Å²) in [5, 5.41) is 10.6. The number of carbonyl (C=O) groups is 1. The number of alkyl halides is 3. The summed E-state index contributed by atoms with van der Waals surface area (Å²) in [5.41, 5.74) is 0.0252. The zero-order chi connectivity index (χ0) is 30.5. The minimum atomic E-state index is -4.65. The van der Waals surface area contributed by atoms with Gasteiger partial charge in [-0.3, -0.25) is 4.72 Å². The van der Waals surface area contributed by atoms with Gasteiger partial charge >= 0.3 is 12.1 Å². The van der Waals surface area contributed by atoms with Crippen molar-refractivity contribution in [3.8, 4) is 0 Å². The van der Waals surface area contributed by atoms with Crippen LogP contribution in [0.5, 0.6) is 0 Å². The smallest absolute Gasteiger partial charge is 0.417 e. The highest BCUT2D eigenvalue weighted by Gasteiger charge is 2.43. The van der Waals surface area contributed by atoms with E-state index in [0.717, 1.165) is 18.1 Å².